The molecule has 0 atom stereocenters. The third kappa shape index (κ3) is 2.28. The van der Waals surface area contributed by atoms with Crippen LogP contribution in [0.4, 0.5) is 5.69 Å². The molecule has 0 radical (unpaired) electrons. The average Bonchev–Trinajstić information content (AvgIpc) is 2.03. The van der Waals surface area contributed by atoms with E-state index in [4.69, 9.17) is 11.6 Å². The zero-order valence-electron chi connectivity index (χ0n) is 9.63. The van der Waals surface area contributed by atoms with Crippen molar-refractivity contribution in [1.29, 1.82) is 0 Å². The highest BCUT2D eigenvalue weighted by Gasteiger charge is 2.35. The Kier molecular flexibility index (Phi) is 2.68. The van der Waals surface area contributed by atoms with Gasteiger partial charge in [0.05, 0.1) is 0 Å². The molecule has 15 heavy (non-hydrogen) atoms. The molecule has 1 aromatic carbocycles. The van der Waals surface area contributed by atoms with Crippen molar-refractivity contribution in [2.24, 2.45) is 11.3 Å². The second-order valence-electron chi connectivity index (χ2n) is 5.44. The fourth-order valence-electron chi connectivity index (χ4n) is 1.89. The molecule has 0 saturated carbocycles. The van der Waals surface area contributed by atoms with Gasteiger partial charge in [-0.1, -0.05) is 32.4 Å². The lowest BCUT2D eigenvalue weighted by atomic mass is 9.76. The van der Waals surface area contributed by atoms with E-state index in [1.54, 1.807) is 0 Å². The summed E-state index contributed by atoms with van der Waals surface area (Å²) in [6.45, 7) is 9.29. The van der Waals surface area contributed by atoms with Gasteiger partial charge >= 0.3 is 0 Å². The average molecular weight is 224 g/mol. The molecule has 1 aliphatic heterocycles. The van der Waals surface area contributed by atoms with Crippen molar-refractivity contribution in [3.8, 4) is 0 Å². The summed E-state index contributed by atoms with van der Waals surface area (Å²) in [6.07, 6.45) is 0. The monoisotopic (exact) mass is 223 g/mol. The van der Waals surface area contributed by atoms with Gasteiger partial charge in [-0.15, -0.1) is 0 Å². The maximum atomic E-state index is 5.86. The third-order valence-corrected chi connectivity index (χ3v) is 3.55. The van der Waals surface area contributed by atoms with Crippen molar-refractivity contribution in [3.63, 3.8) is 0 Å². The minimum Gasteiger partial charge on any atom is -0.371 e. The molecular weight excluding hydrogens is 206 g/mol. The van der Waals surface area contributed by atoms with E-state index < -0.39 is 0 Å². The van der Waals surface area contributed by atoms with Crippen LogP contribution in [-0.2, 0) is 0 Å². The number of nitrogens with zero attached hydrogens (tertiary/aromatic N) is 1. The highest BCUT2D eigenvalue weighted by atomic mass is 35.5. The fourth-order valence-corrected chi connectivity index (χ4v) is 2.02. The van der Waals surface area contributed by atoms with Crippen molar-refractivity contribution in [3.05, 3.63) is 29.3 Å². The molecule has 0 unspecified atom stereocenters. The lowest BCUT2D eigenvalue weighted by Crippen LogP contribution is -2.52. The van der Waals surface area contributed by atoms with Crippen molar-refractivity contribution in [1.82, 2.24) is 0 Å². The van der Waals surface area contributed by atoms with Crippen molar-refractivity contribution < 1.29 is 0 Å². The third-order valence-electron chi connectivity index (χ3n) is 3.30. The Hall–Kier alpha value is -0.690. The predicted molar refractivity (Wildman–Crippen MR) is 66.6 cm³/mol. The summed E-state index contributed by atoms with van der Waals surface area (Å²) in [5, 5.41) is 0.812. The van der Waals surface area contributed by atoms with Crippen LogP contribution in [0.15, 0.2) is 24.3 Å². The molecule has 2 heteroatoms. The van der Waals surface area contributed by atoms with E-state index in [-0.39, 0.29) is 0 Å². The topological polar surface area (TPSA) is 3.24 Å². The summed E-state index contributed by atoms with van der Waals surface area (Å²) >= 11 is 5.86. The summed E-state index contributed by atoms with van der Waals surface area (Å²) in [7, 11) is 0. The van der Waals surface area contributed by atoms with Gasteiger partial charge in [0.15, 0.2) is 0 Å². The molecule has 1 saturated heterocycles. The minimum atomic E-state index is 0.433. The van der Waals surface area contributed by atoms with Gasteiger partial charge in [0.25, 0.3) is 0 Å². The Labute approximate surface area is 97.0 Å². The Bertz CT molecular complexity index is 331. The van der Waals surface area contributed by atoms with Gasteiger partial charge in [0, 0.05) is 23.8 Å². The van der Waals surface area contributed by atoms with E-state index in [2.05, 4.69) is 37.8 Å². The van der Waals surface area contributed by atoms with E-state index in [1.807, 2.05) is 12.1 Å². The maximum absolute atomic E-state index is 5.86. The number of rotatable bonds is 1. The number of benzene rings is 1. The second-order valence-corrected chi connectivity index (χ2v) is 5.88. The first-order chi connectivity index (χ1) is 6.97. The van der Waals surface area contributed by atoms with Crippen molar-refractivity contribution >= 4 is 17.3 Å². The zero-order valence-corrected chi connectivity index (χ0v) is 10.4. The zero-order chi connectivity index (χ0) is 11.1. The van der Waals surface area contributed by atoms with Crippen LogP contribution >= 0.6 is 11.6 Å². The molecule has 0 aromatic heterocycles. The Morgan fingerprint density at radius 2 is 1.67 bits per heavy atom. The van der Waals surface area contributed by atoms with Crippen LogP contribution in [0.3, 0.4) is 0 Å². The molecule has 2 rings (SSSR count). The number of hydrogen-bond acceptors (Lipinski definition) is 1. The van der Waals surface area contributed by atoms with Gasteiger partial charge in [-0.25, -0.2) is 0 Å². The summed E-state index contributed by atoms with van der Waals surface area (Å²) in [5.74, 6) is 0.813. The smallest absolute Gasteiger partial charge is 0.0407 e. The number of hydrogen-bond donors (Lipinski definition) is 0. The van der Waals surface area contributed by atoms with E-state index in [0.717, 1.165) is 10.9 Å². The Balaban J connectivity index is 1.98. The lowest BCUT2D eigenvalue weighted by Gasteiger charge is -2.47. The molecule has 1 heterocycles. The quantitative estimate of drug-likeness (QED) is 0.700. The van der Waals surface area contributed by atoms with Gasteiger partial charge < -0.3 is 4.90 Å². The number of halogens is 1. The van der Waals surface area contributed by atoms with Gasteiger partial charge in [-0.2, -0.15) is 0 Å². The minimum absolute atomic E-state index is 0.433. The van der Waals surface area contributed by atoms with Crippen LogP contribution in [0.1, 0.15) is 20.8 Å². The maximum Gasteiger partial charge on any atom is 0.0407 e. The van der Waals surface area contributed by atoms with Crippen LogP contribution in [0.2, 0.25) is 5.02 Å². The second kappa shape index (κ2) is 3.71. The molecule has 82 valence electrons. The van der Waals surface area contributed by atoms with E-state index in [1.165, 1.54) is 18.8 Å². The Morgan fingerprint density at radius 1 is 1.13 bits per heavy atom. The standard InChI is InChI=1S/C13H18ClN/c1-13(2,3)10-8-15(9-10)12-6-4-11(14)5-7-12/h4-7,10H,8-9H2,1-3H3. The van der Waals surface area contributed by atoms with Crippen LogP contribution < -0.4 is 4.90 Å². The van der Waals surface area contributed by atoms with Crippen LogP contribution in [0.5, 0.6) is 0 Å². The molecule has 1 aromatic rings. The SMILES string of the molecule is CC(C)(C)C1CN(c2ccc(Cl)cc2)C1. The largest absolute Gasteiger partial charge is 0.371 e. The first kappa shape index (κ1) is 10.8. The lowest BCUT2D eigenvalue weighted by molar-refractivity contribution is 0.195. The first-order valence-electron chi connectivity index (χ1n) is 5.47. The highest BCUT2D eigenvalue weighted by Crippen LogP contribution is 2.36. The predicted octanol–water partition coefficient (Wildman–Crippen LogP) is 3.82. The number of anilines is 1. The van der Waals surface area contributed by atoms with Gasteiger partial charge in [-0.05, 0) is 35.6 Å². The van der Waals surface area contributed by atoms with Crippen molar-refractivity contribution in [2.75, 3.05) is 18.0 Å². The first-order valence-corrected chi connectivity index (χ1v) is 5.85. The molecule has 0 N–H and O–H groups in total. The van der Waals surface area contributed by atoms with Gasteiger partial charge in [-0.3, -0.25) is 0 Å². The van der Waals surface area contributed by atoms with Crippen LogP contribution in [-0.4, -0.2) is 13.1 Å². The summed E-state index contributed by atoms with van der Waals surface area (Å²) in [4.78, 5) is 2.41. The van der Waals surface area contributed by atoms with Crippen molar-refractivity contribution in [2.45, 2.75) is 20.8 Å². The van der Waals surface area contributed by atoms with Crippen LogP contribution in [0, 0.1) is 11.3 Å². The van der Waals surface area contributed by atoms with Gasteiger partial charge in [0.1, 0.15) is 0 Å². The molecule has 0 bridgehead atoms. The fraction of sp³-hybridized carbons (Fsp3) is 0.538. The Morgan fingerprint density at radius 3 is 2.13 bits per heavy atom. The summed E-state index contributed by atoms with van der Waals surface area (Å²) in [6, 6.07) is 8.12. The molecule has 0 amide bonds. The van der Waals surface area contributed by atoms with Crippen LogP contribution in [0.25, 0.3) is 0 Å². The molecular formula is C13H18ClN. The molecule has 0 spiro atoms. The van der Waals surface area contributed by atoms with Gasteiger partial charge in [0.2, 0.25) is 0 Å². The molecule has 1 aliphatic rings. The normalized spacial score (nSPS) is 17.7. The summed E-state index contributed by atoms with van der Waals surface area (Å²) < 4.78 is 0. The molecule has 1 nitrogen and oxygen atoms in total. The highest BCUT2D eigenvalue weighted by molar-refractivity contribution is 6.30. The van der Waals surface area contributed by atoms with E-state index in [0.29, 0.717) is 5.41 Å². The molecule has 0 aliphatic carbocycles. The summed E-state index contributed by atoms with van der Waals surface area (Å²) in [5.41, 5.74) is 1.73. The van der Waals surface area contributed by atoms with E-state index in [9.17, 15) is 0 Å². The molecule has 1 fully saturated rings. The van der Waals surface area contributed by atoms with E-state index >= 15 is 0 Å².